The van der Waals surface area contributed by atoms with Gasteiger partial charge in [-0.25, -0.2) is 14.6 Å². The van der Waals surface area contributed by atoms with Gasteiger partial charge in [0, 0.05) is 18.2 Å². The summed E-state index contributed by atoms with van der Waals surface area (Å²) in [6, 6.07) is 17.0. The van der Waals surface area contributed by atoms with E-state index in [0.29, 0.717) is 5.69 Å². The number of hydrogen-bond donors (Lipinski definition) is 4. The summed E-state index contributed by atoms with van der Waals surface area (Å²) in [7, 11) is 0. The Balaban J connectivity index is 1.22. The van der Waals surface area contributed by atoms with Gasteiger partial charge in [-0.1, -0.05) is 65.8 Å². The topological polar surface area (TPSA) is 208 Å². The normalized spacial score (nSPS) is 17.9. The molecule has 0 unspecified atom stereocenters. The first-order chi connectivity index (χ1) is 24.4. The minimum Gasteiger partial charge on any atom is -0.450 e. The lowest BCUT2D eigenvalue weighted by Gasteiger charge is -2.36. The van der Waals surface area contributed by atoms with Crippen LogP contribution < -0.4 is 16.0 Å². The molecule has 16 nitrogen and oxygen atoms in total. The molecule has 0 radical (unpaired) electrons. The number of carbonyl (C=O) groups excluding carboxylic acids is 4. The van der Waals surface area contributed by atoms with Crippen LogP contribution in [-0.4, -0.2) is 78.0 Å². The summed E-state index contributed by atoms with van der Waals surface area (Å²) < 4.78 is 11.3. The molecule has 1 saturated heterocycles. The average molecular weight is 717 g/mol. The van der Waals surface area contributed by atoms with E-state index in [1.807, 2.05) is 60.7 Å². The number of nitrogens with one attached hydrogen (secondary N) is 3. The molecule has 1 aliphatic heterocycles. The molecule has 3 amide bonds. The molecule has 4 N–H and O–H groups in total. The number of amides is 3. The average Bonchev–Trinajstić information content (AvgIpc) is 3.52. The lowest BCUT2D eigenvalue weighted by Crippen LogP contribution is -2.70. The number of oxime groups is 1. The molecule has 2 fully saturated rings. The third-order valence-corrected chi connectivity index (χ3v) is 8.55. The Bertz CT molecular complexity index is 1880. The summed E-state index contributed by atoms with van der Waals surface area (Å²) >= 11 is 1.00. The molecule has 6 rings (SSSR count). The Morgan fingerprint density at radius 3 is 2.33 bits per heavy atom. The number of thiazole rings is 1. The monoisotopic (exact) mass is 716 g/mol. The van der Waals surface area contributed by atoms with Gasteiger partial charge < -0.3 is 30.1 Å². The van der Waals surface area contributed by atoms with Gasteiger partial charge in [0.05, 0.1) is 25.4 Å². The molecular formula is C34H36N8O8S. The van der Waals surface area contributed by atoms with E-state index in [9.17, 15) is 24.3 Å². The Morgan fingerprint density at radius 2 is 1.76 bits per heavy atom. The minimum absolute atomic E-state index is 0.0109. The van der Waals surface area contributed by atoms with Gasteiger partial charge in [0.1, 0.15) is 23.0 Å². The molecule has 2 aliphatic rings. The molecular weight excluding hydrogens is 680 g/mol. The van der Waals surface area contributed by atoms with Crippen molar-refractivity contribution in [3.63, 3.8) is 0 Å². The fraction of sp³-hybridized carbons (Fsp3) is 0.353. The highest BCUT2D eigenvalue weighted by molar-refractivity contribution is 7.14. The van der Waals surface area contributed by atoms with Gasteiger partial charge in [0.2, 0.25) is 11.5 Å². The fourth-order valence-electron chi connectivity index (χ4n) is 5.05. The van der Waals surface area contributed by atoms with Gasteiger partial charge in [0.15, 0.2) is 16.9 Å². The highest BCUT2D eigenvalue weighted by atomic mass is 32.1. The lowest BCUT2D eigenvalue weighted by molar-refractivity contribution is -0.164. The number of rotatable bonds is 13. The second-order valence-corrected chi connectivity index (χ2v) is 13.8. The smallest absolute Gasteiger partial charge is 0.413 e. The predicted molar refractivity (Wildman–Crippen MR) is 182 cm³/mol. The molecule has 2 aromatic heterocycles. The second-order valence-electron chi connectivity index (χ2n) is 12.9. The zero-order chi connectivity index (χ0) is 36.2. The lowest BCUT2D eigenvalue weighted by atomic mass is 9.98. The summed E-state index contributed by atoms with van der Waals surface area (Å²) in [5, 5.41) is 31.1. The third-order valence-electron chi connectivity index (χ3n) is 7.79. The van der Waals surface area contributed by atoms with Crippen molar-refractivity contribution in [2.45, 2.75) is 76.2 Å². The van der Waals surface area contributed by atoms with Crippen molar-refractivity contribution in [2.75, 3.05) is 5.32 Å². The van der Waals surface area contributed by atoms with E-state index in [0.717, 1.165) is 22.5 Å². The van der Waals surface area contributed by atoms with E-state index in [4.69, 9.17) is 14.3 Å². The third kappa shape index (κ3) is 8.56. The number of hydrogen-bond acceptors (Lipinski definition) is 13. The number of anilines is 1. The van der Waals surface area contributed by atoms with Crippen molar-refractivity contribution in [2.24, 2.45) is 5.16 Å². The molecule has 1 saturated carbocycles. The molecule has 17 heteroatoms. The maximum atomic E-state index is 13.8. The largest absolute Gasteiger partial charge is 0.450 e. The zero-order valence-corrected chi connectivity index (χ0v) is 28.8. The van der Waals surface area contributed by atoms with Crippen LogP contribution in [0.2, 0.25) is 0 Å². The number of β-lactam (4-membered cyclic amide) rings is 1. The zero-order valence-electron chi connectivity index (χ0n) is 27.9. The van der Waals surface area contributed by atoms with Gasteiger partial charge >= 0.3 is 12.1 Å². The van der Waals surface area contributed by atoms with Crippen molar-refractivity contribution in [3.05, 3.63) is 94.8 Å². The van der Waals surface area contributed by atoms with Crippen LogP contribution in [0.3, 0.4) is 0 Å². The summed E-state index contributed by atoms with van der Waals surface area (Å²) in [4.78, 5) is 63.9. The van der Waals surface area contributed by atoms with Crippen LogP contribution in [0.25, 0.3) is 0 Å². The van der Waals surface area contributed by atoms with Gasteiger partial charge in [-0.05, 0) is 31.9 Å². The highest BCUT2D eigenvalue weighted by Gasteiger charge is 2.56. The van der Waals surface area contributed by atoms with E-state index in [1.165, 1.54) is 16.4 Å². The van der Waals surface area contributed by atoms with Crippen LogP contribution in [0, 0.1) is 0 Å². The molecule has 0 bridgehead atoms. The van der Waals surface area contributed by atoms with E-state index in [2.05, 4.69) is 36.3 Å². The van der Waals surface area contributed by atoms with Crippen LogP contribution in [0.15, 0.2) is 77.4 Å². The maximum Gasteiger partial charge on any atom is 0.413 e. The van der Waals surface area contributed by atoms with Crippen LogP contribution in [0.4, 0.5) is 9.93 Å². The van der Waals surface area contributed by atoms with Gasteiger partial charge in [-0.2, -0.15) is 15.0 Å². The van der Waals surface area contributed by atoms with E-state index in [1.54, 1.807) is 20.8 Å². The number of aromatic nitrogens is 4. The van der Waals surface area contributed by atoms with Crippen molar-refractivity contribution in [1.29, 1.82) is 0 Å². The number of aliphatic hydroxyl groups is 1. The molecule has 266 valence electrons. The summed E-state index contributed by atoms with van der Waals surface area (Å²) in [6.45, 7) is 4.95. The van der Waals surface area contributed by atoms with E-state index < -0.39 is 53.3 Å². The number of nitrogens with zero attached hydrogens (tertiary/aromatic N) is 5. The van der Waals surface area contributed by atoms with Gasteiger partial charge in [-0.3, -0.25) is 14.9 Å². The molecule has 51 heavy (non-hydrogen) atoms. The molecule has 3 heterocycles. The van der Waals surface area contributed by atoms with Crippen molar-refractivity contribution >= 4 is 46.1 Å². The minimum atomic E-state index is -1.46. The summed E-state index contributed by atoms with van der Waals surface area (Å²) in [5.41, 5.74) is -0.694. The van der Waals surface area contributed by atoms with E-state index in [-0.39, 0.29) is 42.5 Å². The maximum absolute atomic E-state index is 13.8. The van der Waals surface area contributed by atoms with Crippen molar-refractivity contribution in [3.8, 4) is 0 Å². The Hall–Kier alpha value is -5.68. The van der Waals surface area contributed by atoms with Crippen LogP contribution in [0.5, 0.6) is 0 Å². The van der Waals surface area contributed by atoms with Crippen LogP contribution in [-0.2, 0) is 41.8 Å². The standard InChI is InChI=1S/C34H36N8O8S/c1-33(2,3)49-32(47)39-31-37-24(19-51-31)26(29(45)38-25-23(36-28(25)44)17-42-35-16-22(18-43)40-42)41-50-34(14-15-34)30(46)48-27(20-10-6-4-7-11-20)21-12-8-5-9-13-21/h4-13,16,19,23,25,27,43H,14-15,17-18H2,1-3H3,(H,36,44)(H,38,45)(H,37,39,47)/b41-26+/t23-,25+/m1/s1. The highest BCUT2D eigenvalue weighted by Crippen LogP contribution is 2.43. The summed E-state index contributed by atoms with van der Waals surface area (Å²) in [5.74, 6) is -1.94. The first-order valence-electron chi connectivity index (χ1n) is 16.1. The SMILES string of the molecule is CC(C)(C)OC(=O)Nc1nc(/C(=N\OC2(C(=O)OC(c3ccccc3)c3ccccc3)CC2)C(=O)N[C@@H]2C(=O)N[C@@H]2Cn2ncc(CO)n2)cs1. The number of aliphatic hydroxyl groups excluding tert-OH is 1. The van der Waals surface area contributed by atoms with E-state index >= 15 is 0 Å². The molecule has 1 aliphatic carbocycles. The van der Waals surface area contributed by atoms with Crippen LogP contribution >= 0.6 is 11.3 Å². The summed E-state index contributed by atoms with van der Waals surface area (Å²) in [6.07, 6.45) is 0.479. The van der Waals surface area contributed by atoms with Crippen molar-refractivity contribution in [1.82, 2.24) is 30.6 Å². The van der Waals surface area contributed by atoms with Crippen LogP contribution in [0.1, 0.15) is 62.2 Å². The fourth-order valence-corrected chi connectivity index (χ4v) is 5.73. The Kier molecular flexibility index (Phi) is 10.1. The Labute approximate surface area is 296 Å². The number of carbonyl (C=O) groups is 4. The quantitative estimate of drug-likeness (QED) is 0.0685. The van der Waals surface area contributed by atoms with Crippen molar-refractivity contribution < 1.29 is 38.6 Å². The first-order valence-corrected chi connectivity index (χ1v) is 17.0. The Morgan fingerprint density at radius 1 is 1.10 bits per heavy atom. The predicted octanol–water partition coefficient (Wildman–Crippen LogP) is 2.84. The number of esters is 1. The van der Waals surface area contributed by atoms with Gasteiger partial charge in [-0.15, -0.1) is 11.3 Å². The second kappa shape index (κ2) is 14.7. The first kappa shape index (κ1) is 35.2. The molecule has 4 aromatic rings. The molecule has 2 aromatic carbocycles. The number of ether oxygens (including phenoxy) is 2. The molecule has 0 spiro atoms. The molecule has 2 atom stereocenters. The van der Waals surface area contributed by atoms with Gasteiger partial charge in [0.25, 0.3) is 5.91 Å². The number of benzene rings is 2.